The van der Waals surface area contributed by atoms with Crippen LogP contribution in [0.4, 0.5) is 0 Å². The van der Waals surface area contributed by atoms with Crippen molar-refractivity contribution in [2.45, 2.75) is 25.8 Å². The zero-order valence-electron chi connectivity index (χ0n) is 7.01. The van der Waals surface area contributed by atoms with Gasteiger partial charge in [-0.1, -0.05) is 30.7 Å². The molecule has 1 saturated heterocycles. The first-order valence-electron chi connectivity index (χ1n) is 4.48. The van der Waals surface area contributed by atoms with Gasteiger partial charge in [0.15, 0.2) is 0 Å². The Balaban J connectivity index is 2.18. The summed E-state index contributed by atoms with van der Waals surface area (Å²) in [5.41, 5.74) is 1.60. The van der Waals surface area contributed by atoms with Crippen LogP contribution in [0.1, 0.15) is 19.8 Å². The molecule has 1 N–H and O–H groups in total. The van der Waals surface area contributed by atoms with E-state index in [1.165, 1.54) is 19.4 Å². The van der Waals surface area contributed by atoms with E-state index in [1.807, 2.05) is 0 Å². The van der Waals surface area contributed by atoms with Crippen molar-refractivity contribution in [2.24, 2.45) is 5.92 Å². The molecule has 60 valence electrons. The summed E-state index contributed by atoms with van der Waals surface area (Å²) in [4.78, 5) is 0. The lowest BCUT2D eigenvalue weighted by atomic mass is 9.85. The largest absolute Gasteiger partial charge is 0.310 e. The summed E-state index contributed by atoms with van der Waals surface area (Å²) >= 11 is 0. The molecule has 2 aliphatic rings. The quantitative estimate of drug-likeness (QED) is 0.554. The SMILES string of the molecule is CC1C=CC=C2CCCNC21. The molecule has 11 heavy (non-hydrogen) atoms. The van der Waals surface area contributed by atoms with Crippen LogP contribution in [0.2, 0.25) is 0 Å². The Morgan fingerprint density at radius 2 is 2.45 bits per heavy atom. The van der Waals surface area contributed by atoms with E-state index in [1.54, 1.807) is 5.57 Å². The zero-order valence-corrected chi connectivity index (χ0v) is 7.01. The summed E-state index contributed by atoms with van der Waals surface area (Å²) in [6, 6.07) is 0.647. The van der Waals surface area contributed by atoms with Gasteiger partial charge in [0.05, 0.1) is 0 Å². The fraction of sp³-hybridized carbons (Fsp3) is 0.600. The van der Waals surface area contributed by atoms with Crippen molar-refractivity contribution in [3.05, 3.63) is 23.8 Å². The van der Waals surface area contributed by atoms with Gasteiger partial charge in [0.2, 0.25) is 0 Å². The number of nitrogens with one attached hydrogen (secondary N) is 1. The lowest BCUT2D eigenvalue weighted by Crippen LogP contribution is -2.41. The zero-order chi connectivity index (χ0) is 7.68. The monoisotopic (exact) mass is 149 g/mol. The van der Waals surface area contributed by atoms with Crippen molar-refractivity contribution in [3.8, 4) is 0 Å². The molecule has 0 bridgehead atoms. The molecule has 1 fully saturated rings. The van der Waals surface area contributed by atoms with Crippen molar-refractivity contribution in [1.29, 1.82) is 0 Å². The molecule has 1 heteroatoms. The first-order chi connectivity index (χ1) is 5.38. The molecule has 0 aromatic rings. The second-order valence-electron chi connectivity index (χ2n) is 3.52. The molecule has 1 heterocycles. The highest BCUT2D eigenvalue weighted by Gasteiger charge is 2.23. The van der Waals surface area contributed by atoms with E-state index in [0.29, 0.717) is 12.0 Å². The fourth-order valence-electron chi connectivity index (χ4n) is 2.01. The van der Waals surface area contributed by atoms with Gasteiger partial charge in [0, 0.05) is 6.04 Å². The van der Waals surface area contributed by atoms with E-state index < -0.39 is 0 Å². The van der Waals surface area contributed by atoms with Crippen LogP contribution < -0.4 is 5.32 Å². The van der Waals surface area contributed by atoms with E-state index >= 15 is 0 Å². The van der Waals surface area contributed by atoms with Gasteiger partial charge in [0.1, 0.15) is 0 Å². The first kappa shape index (κ1) is 7.11. The van der Waals surface area contributed by atoms with Crippen LogP contribution in [-0.2, 0) is 0 Å². The van der Waals surface area contributed by atoms with Gasteiger partial charge in [-0.25, -0.2) is 0 Å². The lowest BCUT2D eigenvalue weighted by Gasteiger charge is -2.32. The third-order valence-electron chi connectivity index (χ3n) is 2.66. The molecular weight excluding hydrogens is 134 g/mol. The highest BCUT2D eigenvalue weighted by atomic mass is 14.9. The van der Waals surface area contributed by atoms with Crippen molar-refractivity contribution in [3.63, 3.8) is 0 Å². The van der Waals surface area contributed by atoms with Crippen LogP contribution in [0.5, 0.6) is 0 Å². The summed E-state index contributed by atoms with van der Waals surface area (Å²) in [5.74, 6) is 0.690. The topological polar surface area (TPSA) is 12.0 Å². The first-order valence-corrected chi connectivity index (χ1v) is 4.48. The number of piperidine rings is 1. The average Bonchev–Trinajstić information content (AvgIpc) is 2.06. The van der Waals surface area contributed by atoms with Gasteiger partial charge < -0.3 is 5.32 Å². The van der Waals surface area contributed by atoms with Gasteiger partial charge >= 0.3 is 0 Å². The lowest BCUT2D eigenvalue weighted by molar-refractivity contribution is 0.421. The third kappa shape index (κ3) is 1.25. The molecular formula is C10H15N. The maximum absolute atomic E-state index is 3.55. The van der Waals surface area contributed by atoms with E-state index in [2.05, 4.69) is 30.5 Å². The van der Waals surface area contributed by atoms with E-state index in [4.69, 9.17) is 0 Å². The third-order valence-corrected chi connectivity index (χ3v) is 2.66. The maximum Gasteiger partial charge on any atom is 0.0343 e. The predicted octanol–water partition coefficient (Wildman–Crippen LogP) is 1.87. The summed E-state index contributed by atoms with van der Waals surface area (Å²) < 4.78 is 0. The molecule has 1 aliphatic heterocycles. The second kappa shape index (κ2) is 2.82. The van der Waals surface area contributed by atoms with E-state index in [9.17, 15) is 0 Å². The molecule has 1 nitrogen and oxygen atoms in total. The number of allylic oxidation sites excluding steroid dienone is 2. The van der Waals surface area contributed by atoms with Crippen LogP contribution in [0.15, 0.2) is 23.8 Å². The van der Waals surface area contributed by atoms with Gasteiger partial charge in [-0.2, -0.15) is 0 Å². The number of hydrogen-bond donors (Lipinski definition) is 1. The van der Waals surface area contributed by atoms with Crippen molar-refractivity contribution >= 4 is 0 Å². The molecule has 0 aromatic heterocycles. The molecule has 2 unspecified atom stereocenters. The van der Waals surface area contributed by atoms with Crippen LogP contribution >= 0.6 is 0 Å². The summed E-state index contributed by atoms with van der Waals surface area (Å²) in [7, 11) is 0. The van der Waals surface area contributed by atoms with Gasteiger partial charge in [-0.15, -0.1) is 0 Å². The van der Waals surface area contributed by atoms with Gasteiger partial charge in [0.25, 0.3) is 0 Å². The second-order valence-corrected chi connectivity index (χ2v) is 3.52. The van der Waals surface area contributed by atoms with Crippen LogP contribution in [0, 0.1) is 5.92 Å². The van der Waals surface area contributed by atoms with Crippen LogP contribution in [0.25, 0.3) is 0 Å². The van der Waals surface area contributed by atoms with E-state index in [-0.39, 0.29) is 0 Å². The standard InChI is InChI=1S/C10H15N/c1-8-4-2-5-9-6-3-7-11-10(8)9/h2,4-5,8,10-11H,3,6-7H2,1H3. The molecule has 0 amide bonds. The normalized spacial score (nSPS) is 36.3. The Hall–Kier alpha value is -0.560. The van der Waals surface area contributed by atoms with Crippen LogP contribution in [0.3, 0.4) is 0 Å². The molecule has 0 saturated carbocycles. The van der Waals surface area contributed by atoms with E-state index in [0.717, 1.165) is 0 Å². The van der Waals surface area contributed by atoms with Crippen LogP contribution in [-0.4, -0.2) is 12.6 Å². The Bertz CT molecular complexity index is 203. The van der Waals surface area contributed by atoms with Crippen molar-refractivity contribution in [2.75, 3.05) is 6.54 Å². The smallest absolute Gasteiger partial charge is 0.0343 e. The summed E-state index contributed by atoms with van der Waals surface area (Å²) in [6.07, 6.45) is 9.36. The predicted molar refractivity (Wildman–Crippen MR) is 47.4 cm³/mol. The Morgan fingerprint density at radius 1 is 1.55 bits per heavy atom. The average molecular weight is 149 g/mol. The maximum atomic E-state index is 3.55. The Labute approximate surface area is 68.2 Å². The molecule has 0 aromatic carbocycles. The van der Waals surface area contributed by atoms with Gasteiger partial charge in [-0.3, -0.25) is 0 Å². The number of rotatable bonds is 0. The molecule has 1 aliphatic carbocycles. The molecule has 2 atom stereocenters. The minimum atomic E-state index is 0.647. The van der Waals surface area contributed by atoms with Gasteiger partial charge in [-0.05, 0) is 25.3 Å². The van der Waals surface area contributed by atoms with Crippen molar-refractivity contribution in [1.82, 2.24) is 5.32 Å². The highest BCUT2D eigenvalue weighted by Crippen LogP contribution is 2.25. The van der Waals surface area contributed by atoms with Crippen molar-refractivity contribution < 1.29 is 0 Å². The molecule has 0 spiro atoms. The Kier molecular flexibility index (Phi) is 1.82. The molecule has 2 rings (SSSR count). The fourth-order valence-corrected chi connectivity index (χ4v) is 2.01. The highest BCUT2D eigenvalue weighted by molar-refractivity contribution is 5.27. The molecule has 0 radical (unpaired) electrons. The summed E-state index contributed by atoms with van der Waals surface area (Å²) in [5, 5.41) is 3.55. The number of hydrogen-bond acceptors (Lipinski definition) is 1. The minimum absolute atomic E-state index is 0.647. The number of fused-ring (bicyclic) bond motifs is 1. The Morgan fingerprint density at radius 3 is 3.27 bits per heavy atom. The minimum Gasteiger partial charge on any atom is -0.310 e. The summed E-state index contributed by atoms with van der Waals surface area (Å²) in [6.45, 7) is 3.48.